The zero-order valence-corrected chi connectivity index (χ0v) is 16.1. The van der Waals surface area contributed by atoms with Crippen molar-refractivity contribution in [3.05, 3.63) is 54.0 Å². The highest BCUT2D eigenvalue weighted by atomic mass is 32.2. The van der Waals surface area contributed by atoms with Crippen LogP contribution >= 0.6 is 11.8 Å². The first kappa shape index (κ1) is 19.1. The number of carbonyl (C=O) groups excluding carboxylic acids is 1. The second-order valence-electron chi connectivity index (χ2n) is 6.00. The summed E-state index contributed by atoms with van der Waals surface area (Å²) in [5, 5.41) is 15.8. The number of thioether (sulfide) groups is 1. The van der Waals surface area contributed by atoms with Crippen molar-refractivity contribution in [3.63, 3.8) is 0 Å². The van der Waals surface area contributed by atoms with E-state index in [2.05, 4.69) is 39.7 Å². The Hall–Kier alpha value is -2.65. The van der Waals surface area contributed by atoms with Gasteiger partial charge in [-0.15, -0.1) is 10.2 Å². The average Bonchev–Trinajstić information content (AvgIpc) is 3.27. The first-order valence-corrected chi connectivity index (χ1v) is 9.51. The largest absolute Gasteiger partial charge is 0.383 e. The fourth-order valence-corrected chi connectivity index (χ4v) is 3.30. The first-order valence-electron chi connectivity index (χ1n) is 8.52. The van der Waals surface area contributed by atoms with Crippen molar-refractivity contribution in [1.82, 2.24) is 24.5 Å². The summed E-state index contributed by atoms with van der Waals surface area (Å²) in [6.45, 7) is 3.87. The van der Waals surface area contributed by atoms with Crippen LogP contribution in [0.25, 0.3) is 0 Å². The Morgan fingerprint density at radius 3 is 3.04 bits per heavy atom. The van der Waals surface area contributed by atoms with Crippen LogP contribution < -0.4 is 5.32 Å². The van der Waals surface area contributed by atoms with Crippen LogP contribution in [0.2, 0.25) is 0 Å². The average molecular weight is 386 g/mol. The molecule has 142 valence electrons. The maximum Gasteiger partial charge on any atom is 0.235 e. The van der Waals surface area contributed by atoms with E-state index in [0.29, 0.717) is 30.7 Å². The predicted molar refractivity (Wildman–Crippen MR) is 104 cm³/mol. The maximum absolute atomic E-state index is 12.3. The SMILES string of the molecule is COCCn1cnnc1SCC(=O)Nc1ccnn1Cc1cccc(C)c1. The number of ether oxygens (including phenoxy) is 1. The van der Waals surface area contributed by atoms with Crippen LogP contribution in [0, 0.1) is 6.92 Å². The number of anilines is 1. The minimum Gasteiger partial charge on any atom is -0.383 e. The van der Waals surface area contributed by atoms with E-state index in [1.54, 1.807) is 30.4 Å². The standard InChI is InChI=1S/C18H22N6O2S/c1-14-4-3-5-15(10-14)11-24-16(6-7-20-24)21-17(25)12-27-18-22-19-13-23(18)8-9-26-2/h3-7,10,13H,8-9,11-12H2,1-2H3,(H,21,25). The Bertz CT molecular complexity index is 891. The first-order chi connectivity index (χ1) is 13.2. The maximum atomic E-state index is 12.3. The van der Waals surface area contributed by atoms with Crippen molar-refractivity contribution >= 4 is 23.5 Å². The molecule has 3 aromatic rings. The van der Waals surface area contributed by atoms with Gasteiger partial charge >= 0.3 is 0 Å². The van der Waals surface area contributed by atoms with Gasteiger partial charge in [-0.3, -0.25) is 4.79 Å². The summed E-state index contributed by atoms with van der Waals surface area (Å²) in [7, 11) is 1.64. The van der Waals surface area contributed by atoms with Crippen molar-refractivity contribution in [1.29, 1.82) is 0 Å². The van der Waals surface area contributed by atoms with E-state index in [-0.39, 0.29) is 11.7 Å². The van der Waals surface area contributed by atoms with Crippen LogP contribution in [-0.4, -0.2) is 49.9 Å². The normalized spacial score (nSPS) is 10.9. The van der Waals surface area contributed by atoms with Gasteiger partial charge in [0.15, 0.2) is 5.16 Å². The van der Waals surface area contributed by atoms with Gasteiger partial charge in [-0.1, -0.05) is 41.6 Å². The van der Waals surface area contributed by atoms with Gasteiger partial charge in [0.25, 0.3) is 0 Å². The lowest BCUT2D eigenvalue weighted by Gasteiger charge is -2.10. The van der Waals surface area contributed by atoms with Gasteiger partial charge in [0.05, 0.1) is 25.1 Å². The third kappa shape index (κ3) is 5.41. The summed E-state index contributed by atoms with van der Waals surface area (Å²) >= 11 is 1.34. The third-order valence-corrected chi connectivity index (χ3v) is 4.83. The number of aryl methyl sites for hydroxylation is 1. The van der Waals surface area contributed by atoms with E-state index >= 15 is 0 Å². The monoisotopic (exact) mass is 386 g/mol. The molecule has 9 heteroatoms. The van der Waals surface area contributed by atoms with Crippen molar-refractivity contribution in [3.8, 4) is 0 Å². The number of amides is 1. The van der Waals surface area contributed by atoms with E-state index in [1.807, 2.05) is 16.7 Å². The molecule has 0 atom stereocenters. The number of hydrogen-bond donors (Lipinski definition) is 1. The lowest BCUT2D eigenvalue weighted by atomic mass is 10.1. The number of rotatable bonds is 9. The van der Waals surface area contributed by atoms with Gasteiger partial charge in [-0.25, -0.2) is 4.68 Å². The molecule has 1 aromatic carbocycles. The van der Waals surface area contributed by atoms with Gasteiger partial charge in [-0.05, 0) is 12.5 Å². The highest BCUT2D eigenvalue weighted by Crippen LogP contribution is 2.16. The Labute approximate surface area is 161 Å². The van der Waals surface area contributed by atoms with E-state index < -0.39 is 0 Å². The van der Waals surface area contributed by atoms with Crippen LogP contribution in [-0.2, 0) is 22.6 Å². The van der Waals surface area contributed by atoms with Crippen LogP contribution in [0.5, 0.6) is 0 Å². The minimum atomic E-state index is -0.118. The molecule has 3 rings (SSSR count). The number of hydrogen-bond acceptors (Lipinski definition) is 6. The molecule has 8 nitrogen and oxygen atoms in total. The number of aromatic nitrogens is 5. The number of benzene rings is 1. The third-order valence-electron chi connectivity index (χ3n) is 3.85. The second-order valence-corrected chi connectivity index (χ2v) is 6.94. The quantitative estimate of drug-likeness (QED) is 0.568. The molecule has 0 saturated carbocycles. The molecular formula is C18H22N6O2S. The summed E-state index contributed by atoms with van der Waals surface area (Å²) < 4.78 is 8.70. The zero-order valence-electron chi connectivity index (χ0n) is 15.3. The highest BCUT2D eigenvalue weighted by molar-refractivity contribution is 7.99. The lowest BCUT2D eigenvalue weighted by molar-refractivity contribution is -0.113. The van der Waals surface area contributed by atoms with Crippen molar-refractivity contribution < 1.29 is 9.53 Å². The van der Waals surface area contributed by atoms with Gasteiger partial charge in [0.2, 0.25) is 5.91 Å². The lowest BCUT2D eigenvalue weighted by Crippen LogP contribution is -2.18. The molecule has 0 aliphatic carbocycles. The summed E-state index contributed by atoms with van der Waals surface area (Å²) in [6.07, 6.45) is 3.32. The molecule has 0 unspecified atom stereocenters. The van der Waals surface area contributed by atoms with E-state index in [1.165, 1.54) is 17.3 Å². The van der Waals surface area contributed by atoms with Crippen LogP contribution in [0.3, 0.4) is 0 Å². The van der Waals surface area contributed by atoms with Crippen LogP contribution in [0.15, 0.2) is 48.0 Å². The Morgan fingerprint density at radius 2 is 2.22 bits per heavy atom. The molecular weight excluding hydrogens is 364 g/mol. The molecule has 2 heterocycles. The molecule has 27 heavy (non-hydrogen) atoms. The number of nitrogens with one attached hydrogen (secondary N) is 1. The fraction of sp³-hybridized carbons (Fsp3) is 0.333. The van der Waals surface area contributed by atoms with Gasteiger partial charge < -0.3 is 14.6 Å². The van der Waals surface area contributed by atoms with Crippen molar-refractivity contribution in [2.75, 3.05) is 24.8 Å². The predicted octanol–water partition coefficient (Wildman–Crippen LogP) is 2.21. The van der Waals surface area contributed by atoms with Gasteiger partial charge in [-0.2, -0.15) is 5.10 Å². The van der Waals surface area contributed by atoms with Crippen molar-refractivity contribution in [2.45, 2.75) is 25.2 Å². The number of methoxy groups -OCH3 is 1. The van der Waals surface area contributed by atoms with Crippen LogP contribution in [0.1, 0.15) is 11.1 Å². The summed E-state index contributed by atoms with van der Waals surface area (Å²) in [5.74, 6) is 0.789. The second kappa shape index (κ2) is 9.33. The van der Waals surface area contributed by atoms with Gasteiger partial charge in [0, 0.05) is 19.7 Å². The summed E-state index contributed by atoms with van der Waals surface area (Å²) in [6, 6.07) is 10.0. The van der Waals surface area contributed by atoms with E-state index in [0.717, 1.165) is 5.56 Å². The molecule has 2 aromatic heterocycles. The Kier molecular flexibility index (Phi) is 6.61. The highest BCUT2D eigenvalue weighted by Gasteiger charge is 2.11. The van der Waals surface area contributed by atoms with E-state index in [9.17, 15) is 4.79 Å². The molecule has 0 aliphatic heterocycles. The molecule has 0 aliphatic rings. The number of carbonyl (C=O) groups is 1. The minimum absolute atomic E-state index is 0.118. The smallest absolute Gasteiger partial charge is 0.235 e. The zero-order chi connectivity index (χ0) is 19.1. The molecule has 0 fully saturated rings. The fourth-order valence-electron chi connectivity index (χ4n) is 2.56. The molecule has 1 amide bonds. The van der Waals surface area contributed by atoms with Crippen molar-refractivity contribution in [2.24, 2.45) is 0 Å². The van der Waals surface area contributed by atoms with Gasteiger partial charge in [0.1, 0.15) is 12.1 Å². The molecule has 0 spiro atoms. The van der Waals surface area contributed by atoms with E-state index in [4.69, 9.17) is 4.74 Å². The molecule has 0 bridgehead atoms. The Morgan fingerprint density at radius 1 is 1.33 bits per heavy atom. The molecule has 1 N–H and O–H groups in total. The summed E-state index contributed by atoms with van der Waals surface area (Å²) in [5.41, 5.74) is 2.33. The van der Waals surface area contributed by atoms with Crippen LogP contribution in [0.4, 0.5) is 5.82 Å². The Balaban J connectivity index is 1.56. The number of nitrogens with zero attached hydrogens (tertiary/aromatic N) is 5. The topological polar surface area (TPSA) is 86.9 Å². The summed E-state index contributed by atoms with van der Waals surface area (Å²) in [4.78, 5) is 12.3. The molecule has 0 radical (unpaired) electrons. The molecule has 0 saturated heterocycles.